The molecule has 0 saturated carbocycles. The van der Waals surface area contributed by atoms with E-state index >= 15 is 0 Å². The number of carboxylic acids is 1. The molecule has 3 N–H and O–H groups in total. The van der Waals surface area contributed by atoms with Crippen LogP contribution in [0, 0.1) is 0 Å². The van der Waals surface area contributed by atoms with Crippen LogP contribution in [0.25, 0.3) is 0 Å². The first-order valence-electron chi connectivity index (χ1n) is 8.07. The van der Waals surface area contributed by atoms with E-state index in [4.69, 9.17) is 4.65 Å². The van der Waals surface area contributed by atoms with Gasteiger partial charge in [-0.1, -0.05) is 32.0 Å². The molecular weight excluding hydrogens is 341 g/mol. The van der Waals surface area contributed by atoms with Crippen molar-refractivity contribution in [2.24, 2.45) is 0 Å². The Hall–Kier alpha value is -2.32. The van der Waals surface area contributed by atoms with E-state index < -0.39 is 19.1 Å². The van der Waals surface area contributed by atoms with Gasteiger partial charge in [-0.25, -0.2) is 4.79 Å². The van der Waals surface area contributed by atoms with Gasteiger partial charge in [0.05, 0.1) is 12.5 Å². The molecule has 25 heavy (non-hydrogen) atoms. The number of carbonyl (C=O) groups is 2. The van der Waals surface area contributed by atoms with Crippen LogP contribution in [0.3, 0.4) is 0 Å². The molecular formula is C17H20BNO5S. The van der Waals surface area contributed by atoms with E-state index in [1.807, 2.05) is 31.4 Å². The predicted molar refractivity (Wildman–Crippen MR) is 97.1 cm³/mol. The molecule has 0 spiro atoms. The van der Waals surface area contributed by atoms with E-state index in [1.165, 1.54) is 17.4 Å². The molecule has 0 bridgehead atoms. The zero-order valence-corrected chi connectivity index (χ0v) is 14.9. The number of para-hydroxylation sites is 1. The highest BCUT2D eigenvalue weighted by Crippen LogP contribution is 2.36. The van der Waals surface area contributed by atoms with Crippen molar-refractivity contribution in [3.05, 3.63) is 51.7 Å². The summed E-state index contributed by atoms with van der Waals surface area (Å²) in [5.41, 5.74) is 0.536. The molecule has 1 aliphatic rings. The number of hydrogen-bond acceptors (Lipinski definition) is 5. The number of thiophene rings is 1. The summed E-state index contributed by atoms with van der Waals surface area (Å²) in [7, 11) is -1.16. The fourth-order valence-electron chi connectivity index (χ4n) is 2.60. The minimum Gasteiger partial charge on any atom is -0.535 e. The van der Waals surface area contributed by atoms with E-state index in [1.54, 1.807) is 12.1 Å². The van der Waals surface area contributed by atoms with Crippen molar-refractivity contribution >= 4 is 30.3 Å². The van der Waals surface area contributed by atoms with Gasteiger partial charge in [0, 0.05) is 16.8 Å². The minimum absolute atomic E-state index is 0.0289. The second kappa shape index (κ2) is 8.69. The first-order valence-corrected chi connectivity index (χ1v) is 8.95. The summed E-state index contributed by atoms with van der Waals surface area (Å²) >= 11 is 1.49. The number of carbonyl (C=O) groups excluding carboxylic acids is 1. The predicted octanol–water partition coefficient (Wildman–Crippen LogP) is 2.75. The third-order valence-corrected chi connectivity index (χ3v) is 4.47. The Morgan fingerprint density at radius 2 is 2.08 bits per heavy atom. The van der Waals surface area contributed by atoms with Gasteiger partial charge in [-0.15, -0.1) is 11.3 Å². The molecule has 132 valence electrons. The molecule has 8 heteroatoms. The summed E-state index contributed by atoms with van der Waals surface area (Å²) in [5.74, 6) is -1.21. The Kier molecular flexibility index (Phi) is 6.61. The molecule has 1 aromatic heterocycles. The third-order valence-electron chi connectivity index (χ3n) is 3.59. The molecule has 6 nitrogen and oxygen atoms in total. The fraction of sp³-hybridized carbons (Fsp3) is 0.294. The number of rotatable bonds is 4. The molecule has 1 aromatic carbocycles. The Balaban J connectivity index is 0.00000109. The number of aromatic carboxylic acids is 1. The van der Waals surface area contributed by atoms with Crippen LogP contribution in [-0.4, -0.2) is 29.1 Å². The van der Waals surface area contributed by atoms with Gasteiger partial charge in [0.15, 0.2) is 0 Å². The van der Waals surface area contributed by atoms with Crippen LogP contribution in [0.2, 0.25) is 6.32 Å². The molecule has 0 radical (unpaired) electrons. The van der Waals surface area contributed by atoms with E-state index in [2.05, 4.69) is 5.32 Å². The fourth-order valence-corrected chi connectivity index (χ4v) is 3.30. The number of fused-ring (bicyclic) bond motifs is 1. The zero-order chi connectivity index (χ0) is 18.4. The third kappa shape index (κ3) is 4.61. The summed E-state index contributed by atoms with van der Waals surface area (Å²) in [5, 5.41) is 23.8. The van der Waals surface area contributed by atoms with E-state index in [0.717, 1.165) is 4.88 Å². The molecule has 1 aliphatic heterocycles. The van der Waals surface area contributed by atoms with Gasteiger partial charge in [-0.2, -0.15) is 0 Å². The second-order valence-electron chi connectivity index (χ2n) is 5.21. The topological polar surface area (TPSA) is 95.9 Å². The molecule has 1 unspecified atom stereocenters. The summed E-state index contributed by atoms with van der Waals surface area (Å²) < 4.78 is 5.27. The van der Waals surface area contributed by atoms with Crippen LogP contribution in [0.15, 0.2) is 35.7 Å². The van der Waals surface area contributed by atoms with Crippen molar-refractivity contribution in [3.63, 3.8) is 0 Å². The molecule has 0 fully saturated rings. The Bertz CT molecular complexity index is 735. The van der Waals surface area contributed by atoms with Gasteiger partial charge >= 0.3 is 13.1 Å². The van der Waals surface area contributed by atoms with Crippen LogP contribution in [0.1, 0.15) is 40.7 Å². The number of nitrogens with one attached hydrogen (secondary N) is 1. The van der Waals surface area contributed by atoms with Crippen molar-refractivity contribution in [3.8, 4) is 5.75 Å². The maximum Gasteiger partial charge on any atom is 0.525 e. The lowest BCUT2D eigenvalue weighted by atomic mass is 9.75. The van der Waals surface area contributed by atoms with Crippen molar-refractivity contribution in [1.82, 2.24) is 5.32 Å². The highest BCUT2D eigenvalue weighted by molar-refractivity contribution is 7.10. The largest absolute Gasteiger partial charge is 0.535 e. The smallest absolute Gasteiger partial charge is 0.525 e. The Morgan fingerprint density at radius 1 is 1.32 bits per heavy atom. The summed E-state index contributed by atoms with van der Waals surface area (Å²) in [6.07, 6.45) is 0.422. The van der Waals surface area contributed by atoms with Crippen LogP contribution < -0.4 is 9.97 Å². The molecule has 0 aliphatic carbocycles. The normalized spacial score (nSPS) is 15.3. The van der Waals surface area contributed by atoms with Gasteiger partial charge in [-0.3, -0.25) is 4.79 Å². The zero-order valence-electron chi connectivity index (χ0n) is 14.1. The lowest BCUT2D eigenvalue weighted by molar-refractivity contribution is -0.121. The Morgan fingerprint density at radius 3 is 2.72 bits per heavy atom. The Labute approximate surface area is 150 Å². The van der Waals surface area contributed by atoms with E-state index in [9.17, 15) is 19.7 Å². The number of hydrogen-bond donors (Lipinski definition) is 3. The summed E-state index contributed by atoms with van der Waals surface area (Å²) in [6.45, 7) is 4.00. The van der Waals surface area contributed by atoms with Crippen molar-refractivity contribution in [1.29, 1.82) is 0 Å². The van der Waals surface area contributed by atoms with Crippen molar-refractivity contribution in [2.45, 2.75) is 32.6 Å². The number of amides is 1. The number of benzene rings is 1. The minimum atomic E-state index is -1.16. The summed E-state index contributed by atoms with van der Waals surface area (Å²) in [4.78, 5) is 24.4. The quantitative estimate of drug-likeness (QED) is 0.728. The molecule has 2 aromatic rings. The van der Waals surface area contributed by atoms with Crippen molar-refractivity contribution in [2.75, 3.05) is 0 Å². The van der Waals surface area contributed by atoms with Gasteiger partial charge in [0.2, 0.25) is 5.91 Å². The first-order chi connectivity index (χ1) is 12.0. The average molecular weight is 361 g/mol. The van der Waals surface area contributed by atoms with E-state index in [-0.39, 0.29) is 30.0 Å². The van der Waals surface area contributed by atoms with Gasteiger partial charge in [-0.05, 0) is 17.5 Å². The van der Waals surface area contributed by atoms with Crippen molar-refractivity contribution < 1.29 is 24.4 Å². The highest BCUT2D eigenvalue weighted by atomic mass is 32.1. The van der Waals surface area contributed by atoms with Crippen LogP contribution in [-0.2, 0) is 11.2 Å². The van der Waals surface area contributed by atoms with Gasteiger partial charge < -0.3 is 20.1 Å². The highest BCUT2D eigenvalue weighted by Gasteiger charge is 2.34. The second-order valence-corrected chi connectivity index (χ2v) is 6.25. The molecule has 1 atom stereocenters. The average Bonchev–Trinajstić information content (AvgIpc) is 3.08. The maximum absolute atomic E-state index is 12.2. The molecule has 2 heterocycles. The van der Waals surface area contributed by atoms with Gasteiger partial charge in [0.25, 0.3) is 0 Å². The lowest BCUT2D eigenvalue weighted by Crippen LogP contribution is -2.39. The van der Waals surface area contributed by atoms with Crippen LogP contribution >= 0.6 is 11.3 Å². The number of carboxylic acid groups (broad SMARTS) is 1. The first kappa shape index (κ1) is 19.0. The monoisotopic (exact) mass is 361 g/mol. The van der Waals surface area contributed by atoms with Crippen LogP contribution in [0.4, 0.5) is 0 Å². The maximum atomic E-state index is 12.2. The van der Waals surface area contributed by atoms with Crippen LogP contribution in [0.5, 0.6) is 5.75 Å². The lowest BCUT2D eigenvalue weighted by Gasteiger charge is -2.29. The molecule has 1 amide bonds. The molecule has 0 saturated heterocycles. The standard InChI is InChI=1S/C15H14BNO5S.C2H6/c18-13(7-9-3-2-6-23-9)17-12-8-16(21)22-14-10(12)4-1-5-11(14)15(19)20;1-2/h1-6,12,21H,7-8H2,(H,17,18)(H,19,20);1-2H3. The summed E-state index contributed by atoms with van der Waals surface area (Å²) in [6, 6.07) is 7.97. The van der Waals surface area contributed by atoms with E-state index in [0.29, 0.717) is 5.56 Å². The molecule has 3 rings (SSSR count). The van der Waals surface area contributed by atoms with Gasteiger partial charge in [0.1, 0.15) is 11.3 Å². The SMILES string of the molecule is CC.O=C(Cc1cccs1)NC1CB(O)Oc2c(C(=O)O)cccc21.